The number of nitrogens with one attached hydrogen (secondary N) is 1. The summed E-state index contributed by atoms with van der Waals surface area (Å²) in [5, 5.41) is 5.46. The third-order valence-electron chi connectivity index (χ3n) is 2.90. The lowest BCUT2D eigenvalue weighted by molar-refractivity contribution is 0.187. The van der Waals surface area contributed by atoms with Crippen molar-refractivity contribution in [3.8, 4) is 0 Å². The number of ether oxygens (including phenoxy) is 1. The maximum absolute atomic E-state index is 5.34. The quantitative estimate of drug-likeness (QED) is 0.886. The van der Waals surface area contributed by atoms with Crippen LogP contribution in [0.2, 0.25) is 0 Å². The van der Waals surface area contributed by atoms with Crippen LogP contribution >= 0.6 is 11.3 Å². The number of hydrogen-bond donors (Lipinski definition) is 1. The number of hydrogen-bond acceptors (Lipinski definition) is 4. The van der Waals surface area contributed by atoms with E-state index in [0.717, 1.165) is 37.5 Å². The van der Waals surface area contributed by atoms with Crippen LogP contribution in [0.4, 0.5) is 5.82 Å². The van der Waals surface area contributed by atoms with Crippen LogP contribution in [0.1, 0.15) is 6.42 Å². The molecule has 1 saturated heterocycles. The molecule has 3 heterocycles. The van der Waals surface area contributed by atoms with Crippen LogP contribution in [-0.4, -0.2) is 24.7 Å². The molecular weight excluding hydrogens is 220 g/mol. The predicted octanol–water partition coefficient (Wildman–Crippen LogP) is 2.74. The van der Waals surface area contributed by atoms with Crippen molar-refractivity contribution < 1.29 is 4.74 Å². The van der Waals surface area contributed by atoms with Crippen LogP contribution in [0.15, 0.2) is 23.6 Å². The van der Waals surface area contributed by atoms with Gasteiger partial charge in [-0.05, 0) is 30.0 Å². The van der Waals surface area contributed by atoms with Gasteiger partial charge in [0.2, 0.25) is 0 Å². The maximum atomic E-state index is 5.34. The third-order valence-corrected chi connectivity index (χ3v) is 3.77. The molecule has 2 aromatic heterocycles. The van der Waals surface area contributed by atoms with Gasteiger partial charge in [-0.1, -0.05) is 0 Å². The van der Waals surface area contributed by atoms with Crippen molar-refractivity contribution in [1.82, 2.24) is 4.98 Å². The molecule has 0 bridgehead atoms. The van der Waals surface area contributed by atoms with E-state index in [2.05, 4.69) is 33.9 Å². The first-order valence-corrected chi connectivity index (χ1v) is 6.46. The second-order valence-corrected chi connectivity index (χ2v) is 5.06. The van der Waals surface area contributed by atoms with E-state index in [1.165, 1.54) is 4.70 Å². The molecule has 0 aromatic carbocycles. The molecule has 3 nitrogen and oxygen atoms in total. The number of aromatic nitrogens is 1. The van der Waals surface area contributed by atoms with E-state index in [0.29, 0.717) is 5.92 Å². The van der Waals surface area contributed by atoms with Crippen molar-refractivity contribution in [2.24, 2.45) is 5.92 Å². The molecule has 84 valence electrons. The van der Waals surface area contributed by atoms with E-state index in [9.17, 15) is 0 Å². The lowest BCUT2D eigenvalue weighted by Crippen LogP contribution is -2.14. The topological polar surface area (TPSA) is 34.2 Å². The number of rotatable bonds is 3. The average molecular weight is 234 g/mol. The Morgan fingerprint density at radius 2 is 2.44 bits per heavy atom. The minimum atomic E-state index is 0.639. The highest BCUT2D eigenvalue weighted by atomic mass is 32.1. The Bertz CT molecular complexity index is 477. The number of nitrogens with zero attached hydrogens (tertiary/aromatic N) is 1. The summed E-state index contributed by atoms with van der Waals surface area (Å²) in [5.74, 6) is 1.61. The zero-order chi connectivity index (χ0) is 10.8. The molecule has 1 fully saturated rings. The lowest BCUT2D eigenvalue weighted by atomic mass is 10.1. The zero-order valence-electron chi connectivity index (χ0n) is 8.98. The summed E-state index contributed by atoms with van der Waals surface area (Å²) < 4.78 is 6.59. The fourth-order valence-corrected chi connectivity index (χ4v) is 2.67. The zero-order valence-corrected chi connectivity index (χ0v) is 9.80. The molecule has 1 atom stereocenters. The Hall–Kier alpha value is -1.13. The van der Waals surface area contributed by atoms with Gasteiger partial charge >= 0.3 is 0 Å². The van der Waals surface area contributed by atoms with Crippen LogP contribution in [0.3, 0.4) is 0 Å². The predicted molar refractivity (Wildman–Crippen MR) is 67.0 cm³/mol. The molecule has 3 rings (SSSR count). The van der Waals surface area contributed by atoms with Crippen LogP contribution in [0.25, 0.3) is 10.2 Å². The van der Waals surface area contributed by atoms with Crippen molar-refractivity contribution >= 4 is 27.4 Å². The first kappa shape index (κ1) is 10.1. The summed E-state index contributed by atoms with van der Waals surface area (Å²) in [6.07, 6.45) is 1.16. The molecule has 1 aliphatic rings. The molecule has 1 unspecified atom stereocenters. The Balaban J connectivity index is 1.68. The van der Waals surface area contributed by atoms with Crippen molar-refractivity contribution in [3.63, 3.8) is 0 Å². The van der Waals surface area contributed by atoms with Gasteiger partial charge in [0.25, 0.3) is 0 Å². The normalized spacial score (nSPS) is 20.4. The van der Waals surface area contributed by atoms with Crippen molar-refractivity contribution in [1.29, 1.82) is 0 Å². The second-order valence-electron chi connectivity index (χ2n) is 4.11. The molecule has 2 aromatic rings. The van der Waals surface area contributed by atoms with Crippen molar-refractivity contribution in [2.75, 3.05) is 25.1 Å². The fraction of sp³-hybridized carbons (Fsp3) is 0.417. The molecule has 0 amide bonds. The molecule has 4 heteroatoms. The van der Waals surface area contributed by atoms with Crippen molar-refractivity contribution in [3.05, 3.63) is 23.6 Å². The SMILES string of the molecule is c1cc2nc(NCC3CCOC3)ccc2s1. The number of thiophene rings is 1. The second kappa shape index (κ2) is 4.39. The smallest absolute Gasteiger partial charge is 0.126 e. The summed E-state index contributed by atoms with van der Waals surface area (Å²) in [6, 6.07) is 6.24. The summed E-state index contributed by atoms with van der Waals surface area (Å²) in [7, 11) is 0. The third kappa shape index (κ3) is 2.03. The van der Waals surface area contributed by atoms with Gasteiger partial charge in [-0.15, -0.1) is 11.3 Å². The molecule has 0 spiro atoms. The molecule has 16 heavy (non-hydrogen) atoms. The molecule has 0 saturated carbocycles. The number of fused-ring (bicyclic) bond motifs is 1. The van der Waals surface area contributed by atoms with Gasteiger partial charge in [-0.25, -0.2) is 4.98 Å². The van der Waals surface area contributed by atoms with E-state index in [1.54, 1.807) is 11.3 Å². The van der Waals surface area contributed by atoms with Crippen molar-refractivity contribution in [2.45, 2.75) is 6.42 Å². The summed E-state index contributed by atoms with van der Waals surface area (Å²) in [5.41, 5.74) is 1.08. The fourth-order valence-electron chi connectivity index (χ4n) is 1.94. The highest BCUT2D eigenvalue weighted by molar-refractivity contribution is 7.17. The van der Waals surface area contributed by atoms with Crippen LogP contribution in [0, 0.1) is 5.92 Å². The Kier molecular flexibility index (Phi) is 2.76. The van der Waals surface area contributed by atoms with Gasteiger partial charge in [-0.3, -0.25) is 0 Å². The van der Waals surface area contributed by atoms with Gasteiger partial charge in [0.05, 0.1) is 16.8 Å². The van der Waals surface area contributed by atoms with E-state index < -0.39 is 0 Å². The first-order valence-electron chi connectivity index (χ1n) is 5.58. The molecule has 0 radical (unpaired) electrons. The van der Waals surface area contributed by atoms with Crippen LogP contribution < -0.4 is 5.32 Å². The molecule has 0 aliphatic carbocycles. The Morgan fingerprint density at radius 1 is 1.44 bits per heavy atom. The van der Waals surface area contributed by atoms with E-state index in [1.807, 2.05) is 0 Å². The average Bonchev–Trinajstić information content (AvgIpc) is 2.97. The number of anilines is 1. The van der Waals surface area contributed by atoms with Gasteiger partial charge in [-0.2, -0.15) is 0 Å². The van der Waals surface area contributed by atoms with Gasteiger partial charge in [0, 0.05) is 19.1 Å². The minimum absolute atomic E-state index is 0.639. The standard InChI is InChI=1S/C12H14N2OS/c1-2-12(13-7-9-3-5-15-8-9)14-10-4-6-16-11(1)10/h1-2,4,6,9H,3,5,7-8H2,(H,13,14). The van der Waals surface area contributed by atoms with E-state index in [4.69, 9.17) is 4.74 Å². The lowest BCUT2D eigenvalue weighted by Gasteiger charge is -2.09. The largest absolute Gasteiger partial charge is 0.381 e. The van der Waals surface area contributed by atoms with E-state index >= 15 is 0 Å². The summed E-state index contributed by atoms with van der Waals surface area (Å²) >= 11 is 1.73. The summed E-state index contributed by atoms with van der Waals surface area (Å²) in [6.45, 7) is 2.75. The summed E-state index contributed by atoms with van der Waals surface area (Å²) in [4.78, 5) is 4.55. The first-order chi connectivity index (χ1) is 7.92. The Labute approximate surface area is 98.5 Å². The van der Waals surface area contributed by atoms with Crippen LogP contribution in [-0.2, 0) is 4.74 Å². The Morgan fingerprint density at radius 3 is 3.31 bits per heavy atom. The molecule has 1 N–H and O–H groups in total. The van der Waals surface area contributed by atoms with Crippen LogP contribution in [0.5, 0.6) is 0 Å². The molecular formula is C12H14N2OS. The maximum Gasteiger partial charge on any atom is 0.126 e. The van der Waals surface area contributed by atoms with E-state index in [-0.39, 0.29) is 0 Å². The van der Waals surface area contributed by atoms with Gasteiger partial charge in [0.1, 0.15) is 5.82 Å². The highest BCUT2D eigenvalue weighted by Crippen LogP contribution is 2.21. The van der Waals surface area contributed by atoms with Gasteiger partial charge < -0.3 is 10.1 Å². The van der Waals surface area contributed by atoms with Gasteiger partial charge in [0.15, 0.2) is 0 Å². The molecule has 1 aliphatic heterocycles. The highest BCUT2D eigenvalue weighted by Gasteiger charge is 2.15. The minimum Gasteiger partial charge on any atom is -0.381 e. The monoisotopic (exact) mass is 234 g/mol. The number of pyridine rings is 1.